The lowest BCUT2D eigenvalue weighted by molar-refractivity contribution is 0.219. The van der Waals surface area contributed by atoms with Crippen LogP contribution in [0.25, 0.3) is 0 Å². The van der Waals surface area contributed by atoms with Gasteiger partial charge in [-0.15, -0.1) is 0 Å². The summed E-state index contributed by atoms with van der Waals surface area (Å²) in [4.78, 5) is 14.4. The van der Waals surface area contributed by atoms with E-state index in [1.54, 1.807) is 0 Å². The van der Waals surface area contributed by atoms with Gasteiger partial charge < -0.3 is 10.6 Å². The molecule has 0 bridgehead atoms. The van der Waals surface area contributed by atoms with E-state index >= 15 is 0 Å². The van der Waals surface area contributed by atoms with Crippen LogP contribution in [-0.2, 0) is 0 Å². The highest BCUT2D eigenvalue weighted by molar-refractivity contribution is 5.73. The molecule has 122 valence electrons. The zero-order chi connectivity index (χ0) is 15.9. The van der Waals surface area contributed by atoms with Crippen molar-refractivity contribution >= 4 is 6.03 Å². The predicted molar refractivity (Wildman–Crippen MR) is 91.0 cm³/mol. The molecule has 1 saturated heterocycles. The van der Waals surface area contributed by atoms with Crippen molar-refractivity contribution in [2.24, 2.45) is 5.92 Å². The standard InChI is InChI=1S/C18H29N3O/c1-14(2)12-19-18(22)20-13-17(21-10-6-7-11-21)16-9-5-4-8-15(16)3/h4-5,8-9,14,17H,6-7,10-13H2,1-3H3,(H2,19,20,22). The largest absolute Gasteiger partial charge is 0.338 e. The summed E-state index contributed by atoms with van der Waals surface area (Å²) in [5.41, 5.74) is 2.62. The quantitative estimate of drug-likeness (QED) is 0.848. The van der Waals surface area contributed by atoms with E-state index in [4.69, 9.17) is 0 Å². The van der Waals surface area contributed by atoms with Gasteiger partial charge >= 0.3 is 6.03 Å². The molecular weight excluding hydrogens is 274 g/mol. The molecule has 4 heteroatoms. The number of urea groups is 1. The van der Waals surface area contributed by atoms with Crippen molar-refractivity contribution in [3.8, 4) is 0 Å². The molecule has 1 aromatic rings. The van der Waals surface area contributed by atoms with E-state index in [9.17, 15) is 4.79 Å². The van der Waals surface area contributed by atoms with Gasteiger partial charge in [0, 0.05) is 13.1 Å². The van der Waals surface area contributed by atoms with Crippen LogP contribution in [0.2, 0.25) is 0 Å². The number of likely N-dealkylation sites (tertiary alicyclic amines) is 1. The number of hydrogen-bond donors (Lipinski definition) is 2. The first-order valence-electron chi connectivity index (χ1n) is 8.39. The maximum Gasteiger partial charge on any atom is 0.314 e. The second kappa shape index (κ2) is 8.18. The van der Waals surface area contributed by atoms with E-state index < -0.39 is 0 Å². The highest BCUT2D eigenvalue weighted by atomic mass is 16.2. The zero-order valence-electron chi connectivity index (χ0n) is 14.1. The molecule has 0 aliphatic carbocycles. The molecule has 0 saturated carbocycles. The van der Waals surface area contributed by atoms with Crippen molar-refractivity contribution in [1.82, 2.24) is 15.5 Å². The monoisotopic (exact) mass is 303 g/mol. The summed E-state index contributed by atoms with van der Waals surface area (Å²) < 4.78 is 0. The van der Waals surface area contributed by atoms with E-state index in [2.05, 4.69) is 60.6 Å². The molecule has 1 aliphatic rings. The van der Waals surface area contributed by atoms with Crippen LogP contribution in [0.4, 0.5) is 4.79 Å². The van der Waals surface area contributed by atoms with Gasteiger partial charge in [0.2, 0.25) is 0 Å². The Bertz CT molecular complexity index is 481. The molecule has 1 aliphatic heterocycles. The fraction of sp³-hybridized carbons (Fsp3) is 0.611. The maximum absolute atomic E-state index is 11.9. The first kappa shape index (κ1) is 16.8. The summed E-state index contributed by atoms with van der Waals surface area (Å²) in [6.07, 6.45) is 2.50. The average Bonchev–Trinajstić information content (AvgIpc) is 3.01. The molecule has 1 heterocycles. The zero-order valence-corrected chi connectivity index (χ0v) is 14.1. The Labute approximate surface area is 134 Å². The third kappa shape index (κ3) is 4.73. The summed E-state index contributed by atoms with van der Waals surface area (Å²) in [5, 5.41) is 5.97. The minimum Gasteiger partial charge on any atom is -0.338 e. The van der Waals surface area contributed by atoms with Gasteiger partial charge in [-0.05, 0) is 49.9 Å². The lowest BCUT2D eigenvalue weighted by Crippen LogP contribution is -2.42. The van der Waals surface area contributed by atoms with E-state index in [1.165, 1.54) is 24.0 Å². The van der Waals surface area contributed by atoms with Crippen LogP contribution in [-0.4, -0.2) is 37.1 Å². The van der Waals surface area contributed by atoms with Crippen molar-refractivity contribution in [3.05, 3.63) is 35.4 Å². The molecule has 0 radical (unpaired) electrons. The predicted octanol–water partition coefficient (Wildman–Crippen LogP) is 3.09. The number of aryl methyl sites for hydroxylation is 1. The molecule has 1 unspecified atom stereocenters. The van der Waals surface area contributed by atoms with Gasteiger partial charge in [0.15, 0.2) is 0 Å². The molecule has 4 nitrogen and oxygen atoms in total. The van der Waals surface area contributed by atoms with Gasteiger partial charge in [0.25, 0.3) is 0 Å². The number of carbonyl (C=O) groups is 1. The fourth-order valence-corrected chi connectivity index (χ4v) is 3.00. The average molecular weight is 303 g/mol. The third-order valence-corrected chi connectivity index (χ3v) is 4.26. The molecule has 1 fully saturated rings. The third-order valence-electron chi connectivity index (χ3n) is 4.26. The van der Waals surface area contributed by atoms with Crippen LogP contribution < -0.4 is 10.6 Å². The molecule has 2 rings (SSSR count). The number of nitrogens with one attached hydrogen (secondary N) is 2. The Morgan fingerprint density at radius 3 is 2.41 bits per heavy atom. The first-order chi connectivity index (χ1) is 10.6. The number of rotatable bonds is 6. The fourth-order valence-electron chi connectivity index (χ4n) is 3.00. The normalized spacial score (nSPS) is 16.7. The van der Waals surface area contributed by atoms with Gasteiger partial charge in [0.1, 0.15) is 0 Å². The van der Waals surface area contributed by atoms with Crippen molar-refractivity contribution in [3.63, 3.8) is 0 Å². The van der Waals surface area contributed by atoms with E-state index in [1.807, 2.05) is 0 Å². The number of carbonyl (C=O) groups excluding carboxylic acids is 1. The van der Waals surface area contributed by atoms with Crippen LogP contribution in [0.15, 0.2) is 24.3 Å². The Hall–Kier alpha value is -1.55. The molecule has 0 spiro atoms. The van der Waals surface area contributed by atoms with Gasteiger partial charge in [-0.3, -0.25) is 4.90 Å². The molecular formula is C18H29N3O. The van der Waals surface area contributed by atoms with Gasteiger partial charge in [0.05, 0.1) is 6.04 Å². The number of amides is 2. The molecule has 0 aromatic heterocycles. The number of nitrogens with zero attached hydrogens (tertiary/aromatic N) is 1. The number of benzene rings is 1. The Kier molecular flexibility index (Phi) is 6.25. The maximum atomic E-state index is 11.9. The second-order valence-corrected chi connectivity index (χ2v) is 6.60. The smallest absolute Gasteiger partial charge is 0.314 e. The SMILES string of the molecule is Cc1ccccc1C(CNC(=O)NCC(C)C)N1CCCC1. The lowest BCUT2D eigenvalue weighted by Gasteiger charge is -2.29. The summed E-state index contributed by atoms with van der Waals surface area (Å²) in [5.74, 6) is 0.469. The van der Waals surface area contributed by atoms with Crippen LogP contribution >= 0.6 is 0 Å². The first-order valence-corrected chi connectivity index (χ1v) is 8.39. The van der Waals surface area contributed by atoms with Crippen molar-refractivity contribution in [2.45, 2.75) is 39.7 Å². The van der Waals surface area contributed by atoms with E-state index in [0.29, 0.717) is 19.0 Å². The van der Waals surface area contributed by atoms with Crippen LogP contribution in [0.1, 0.15) is 43.9 Å². The van der Waals surface area contributed by atoms with E-state index in [0.717, 1.165) is 13.1 Å². The molecule has 1 aromatic carbocycles. The van der Waals surface area contributed by atoms with Gasteiger partial charge in [-0.2, -0.15) is 0 Å². The lowest BCUT2D eigenvalue weighted by atomic mass is 10.00. The van der Waals surface area contributed by atoms with Crippen LogP contribution in [0.5, 0.6) is 0 Å². The highest BCUT2D eigenvalue weighted by Gasteiger charge is 2.24. The highest BCUT2D eigenvalue weighted by Crippen LogP contribution is 2.26. The topological polar surface area (TPSA) is 44.4 Å². The minimum absolute atomic E-state index is 0.0634. The second-order valence-electron chi connectivity index (χ2n) is 6.60. The summed E-state index contributed by atoms with van der Waals surface area (Å²) >= 11 is 0. The van der Waals surface area contributed by atoms with Crippen molar-refractivity contribution in [1.29, 1.82) is 0 Å². The Morgan fingerprint density at radius 2 is 1.77 bits per heavy atom. The number of hydrogen-bond acceptors (Lipinski definition) is 2. The van der Waals surface area contributed by atoms with Crippen molar-refractivity contribution in [2.75, 3.05) is 26.2 Å². The molecule has 2 N–H and O–H groups in total. The molecule has 2 amide bonds. The summed E-state index contributed by atoms with van der Waals surface area (Å²) in [7, 11) is 0. The molecule has 22 heavy (non-hydrogen) atoms. The van der Waals surface area contributed by atoms with Crippen LogP contribution in [0.3, 0.4) is 0 Å². The summed E-state index contributed by atoms with van der Waals surface area (Å²) in [6.45, 7) is 9.96. The van der Waals surface area contributed by atoms with Crippen molar-refractivity contribution < 1.29 is 4.79 Å². The van der Waals surface area contributed by atoms with E-state index in [-0.39, 0.29) is 12.1 Å². The Morgan fingerprint density at radius 1 is 1.14 bits per heavy atom. The molecule has 1 atom stereocenters. The Balaban J connectivity index is 2.00. The summed E-state index contributed by atoms with van der Waals surface area (Å²) in [6, 6.07) is 8.70. The van der Waals surface area contributed by atoms with Gasteiger partial charge in [-0.25, -0.2) is 4.79 Å². The minimum atomic E-state index is -0.0634. The van der Waals surface area contributed by atoms with Crippen LogP contribution in [0, 0.1) is 12.8 Å². The van der Waals surface area contributed by atoms with Gasteiger partial charge in [-0.1, -0.05) is 38.1 Å².